The lowest BCUT2D eigenvalue weighted by Gasteiger charge is -2.33. The van der Waals surface area contributed by atoms with Gasteiger partial charge in [-0.15, -0.1) is 0 Å². The zero-order valence-electron chi connectivity index (χ0n) is 13.2. The van der Waals surface area contributed by atoms with E-state index in [1.807, 2.05) is 11.8 Å². The van der Waals surface area contributed by atoms with E-state index in [4.69, 9.17) is 0 Å². The van der Waals surface area contributed by atoms with Gasteiger partial charge in [-0.25, -0.2) is 0 Å². The summed E-state index contributed by atoms with van der Waals surface area (Å²) in [6.07, 6.45) is 2.26. The Bertz CT molecular complexity index is 494. The number of nitrogens with one attached hydrogen (secondary N) is 1. The molecule has 0 unspecified atom stereocenters. The smallest absolute Gasteiger partial charge is 0.254 e. The molecule has 0 spiro atoms. The summed E-state index contributed by atoms with van der Waals surface area (Å²) in [5.74, 6) is 0.878. The van der Waals surface area contributed by atoms with Crippen molar-refractivity contribution in [2.45, 2.75) is 39.7 Å². The number of nitrogens with zero attached hydrogens (tertiary/aromatic N) is 1. The van der Waals surface area contributed by atoms with E-state index in [0.717, 1.165) is 38.0 Å². The summed E-state index contributed by atoms with van der Waals surface area (Å²) in [7, 11) is 0. The maximum Gasteiger partial charge on any atom is 0.254 e. The molecule has 21 heavy (non-hydrogen) atoms. The van der Waals surface area contributed by atoms with Gasteiger partial charge in [-0.3, -0.25) is 4.79 Å². The summed E-state index contributed by atoms with van der Waals surface area (Å²) >= 11 is 0. The number of phenolic OH excluding ortho intramolecular Hbond substituents is 1. The summed E-state index contributed by atoms with van der Waals surface area (Å²) in [4.78, 5) is 14.7. The molecule has 4 heteroatoms. The molecule has 1 fully saturated rings. The zero-order chi connectivity index (χ0) is 15.4. The average molecular weight is 290 g/mol. The van der Waals surface area contributed by atoms with Crippen LogP contribution in [0.1, 0.15) is 42.6 Å². The molecule has 4 nitrogen and oxygen atoms in total. The Morgan fingerprint density at radius 3 is 2.62 bits per heavy atom. The zero-order valence-corrected chi connectivity index (χ0v) is 13.2. The molecule has 1 aromatic rings. The van der Waals surface area contributed by atoms with Gasteiger partial charge in [0.1, 0.15) is 5.75 Å². The van der Waals surface area contributed by atoms with E-state index in [-0.39, 0.29) is 17.7 Å². The first-order valence-corrected chi connectivity index (χ1v) is 7.80. The number of aromatic hydroxyl groups is 1. The summed E-state index contributed by atoms with van der Waals surface area (Å²) in [6.45, 7) is 8.85. The van der Waals surface area contributed by atoms with E-state index < -0.39 is 0 Å². The summed E-state index contributed by atoms with van der Waals surface area (Å²) in [5.41, 5.74) is 1.40. The predicted octanol–water partition coefficient (Wildman–Crippen LogP) is 2.55. The van der Waals surface area contributed by atoms with Crippen molar-refractivity contribution in [2.75, 3.05) is 19.6 Å². The van der Waals surface area contributed by atoms with Crippen molar-refractivity contribution in [3.05, 3.63) is 29.3 Å². The van der Waals surface area contributed by atoms with Gasteiger partial charge in [0, 0.05) is 18.2 Å². The van der Waals surface area contributed by atoms with Gasteiger partial charge in [0.25, 0.3) is 5.91 Å². The maximum absolute atomic E-state index is 12.8. The Morgan fingerprint density at radius 2 is 2.05 bits per heavy atom. The highest BCUT2D eigenvalue weighted by molar-refractivity contribution is 5.94. The van der Waals surface area contributed by atoms with Crippen LogP contribution >= 0.6 is 0 Å². The van der Waals surface area contributed by atoms with Crippen molar-refractivity contribution in [3.8, 4) is 5.75 Å². The lowest BCUT2D eigenvalue weighted by molar-refractivity contribution is 0.0658. The Kier molecular flexibility index (Phi) is 5.23. The molecule has 1 heterocycles. The van der Waals surface area contributed by atoms with E-state index in [0.29, 0.717) is 11.5 Å². The molecule has 116 valence electrons. The number of aryl methyl sites for hydroxylation is 1. The van der Waals surface area contributed by atoms with Gasteiger partial charge in [0.2, 0.25) is 0 Å². The van der Waals surface area contributed by atoms with E-state index in [1.165, 1.54) is 0 Å². The van der Waals surface area contributed by atoms with Gasteiger partial charge in [0.05, 0.1) is 0 Å². The molecular weight excluding hydrogens is 264 g/mol. The van der Waals surface area contributed by atoms with Gasteiger partial charge in [-0.05, 0) is 76.4 Å². The van der Waals surface area contributed by atoms with E-state index in [9.17, 15) is 9.90 Å². The van der Waals surface area contributed by atoms with Crippen LogP contribution in [0.4, 0.5) is 0 Å². The topological polar surface area (TPSA) is 52.6 Å². The average Bonchev–Trinajstić information content (AvgIpc) is 2.47. The highest BCUT2D eigenvalue weighted by Crippen LogP contribution is 2.21. The molecule has 1 aliphatic rings. The Labute approximate surface area is 127 Å². The number of rotatable bonds is 4. The minimum atomic E-state index is 0.0617. The fourth-order valence-electron chi connectivity index (χ4n) is 2.83. The number of hydrogen-bond acceptors (Lipinski definition) is 3. The third-order valence-electron chi connectivity index (χ3n) is 4.24. The van der Waals surface area contributed by atoms with Gasteiger partial charge in [-0.2, -0.15) is 0 Å². The van der Waals surface area contributed by atoms with Crippen LogP contribution in [0, 0.1) is 12.8 Å². The first-order chi connectivity index (χ1) is 9.99. The molecule has 0 atom stereocenters. The number of amides is 1. The van der Waals surface area contributed by atoms with Crippen molar-refractivity contribution in [3.63, 3.8) is 0 Å². The summed E-state index contributed by atoms with van der Waals surface area (Å²) in [5, 5.41) is 13.0. The molecule has 1 amide bonds. The van der Waals surface area contributed by atoms with Crippen LogP contribution in [0.5, 0.6) is 5.75 Å². The lowest BCUT2D eigenvalue weighted by Crippen LogP contribution is -2.43. The molecule has 0 radical (unpaired) electrons. The number of carbonyl (C=O) groups is 1. The number of phenols is 1. The first kappa shape index (κ1) is 15.8. The molecule has 1 aliphatic heterocycles. The molecular formula is C17H26N2O2. The third kappa shape index (κ3) is 3.97. The molecule has 1 saturated heterocycles. The summed E-state index contributed by atoms with van der Waals surface area (Å²) < 4.78 is 0. The highest BCUT2D eigenvalue weighted by atomic mass is 16.3. The SMILES string of the molecule is Cc1cc(C(=O)N(CC2CCNCC2)C(C)C)ccc1O. The minimum Gasteiger partial charge on any atom is -0.508 e. The Morgan fingerprint density at radius 1 is 1.38 bits per heavy atom. The second kappa shape index (κ2) is 6.94. The third-order valence-corrected chi connectivity index (χ3v) is 4.24. The lowest BCUT2D eigenvalue weighted by atomic mass is 9.96. The number of benzene rings is 1. The Hall–Kier alpha value is -1.55. The van der Waals surface area contributed by atoms with Crippen LogP contribution in [0.2, 0.25) is 0 Å². The van der Waals surface area contributed by atoms with E-state index in [2.05, 4.69) is 19.2 Å². The fourth-order valence-corrected chi connectivity index (χ4v) is 2.83. The standard InChI is InChI=1S/C17H26N2O2/c1-12(2)19(11-14-6-8-18-9-7-14)17(21)15-4-5-16(20)13(3)10-15/h4-5,10,12,14,18,20H,6-9,11H2,1-3H3. The molecule has 2 N–H and O–H groups in total. The molecule has 2 rings (SSSR count). The number of hydrogen-bond donors (Lipinski definition) is 2. The fraction of sp³-hybridized carbons (Fsp3) is 0.588. The van der Waals surface area contributed by atoms with Crippen molar-refractivity contribution in [1.29, 1.82) is 0 Å². The van der Waals surface area contributed by atoms with Crippen molar-refractivity contribution < 1.29 is 9.90 Å². The molecule has 1 aromatic carbocycles. The summed E-state index contributed by atoms with van der Waals surface area (Å²) in [6, 6.07) is 5.27. The molecule has 0 aromatic heterocycles. The van der Waals surface area contributed by atoms with Gasteiger partial charge in [-0.1, -0.05) is 0 Å². The molecule has 0 aliphatic carbocycles. The van der Waals surface area contributed by atoms with Crippen LogP contribution < -0.4 is 5.32 Å². The minimum absolute atomic E-state index is 0.0617. The first-order valence-electron chi connectivity index (χ1n) is 7.80. The predicted molar refractivity (Wildman–Crippen MR) is 84.6 cm³/mol. The normalized spacial score (nSPS) is 16.2. The van der Waals surface area contributed by atoms with Crippen LogP contribution in [-0.2, 0) is 0 Å². The van der Waals surface area contributed by atoms with Gasteiger partial charge in [0.15, 0.2) is 0 Å². The van der Waals surface area contributed by atoms with Crippen LogP contribution in [-0.4, -0.2) is 41.6 Å². The Balaban J connectivity index is 2.12. The van der Waals surface area contributed by atoms with Gasteiger partial charge >= 0.3 is 0 Å². The number of carbonyl (C=O) groups excluding carboxylic acids is 1. The van der Waals surface area contributed by atoms with E-state index >= 15 is 0 Å². The van der Waals surface area contributed by atoms with Crippen LogP contribution in [0.15, 0.2) is 18.2 Å². The second-order valence-corrected chi connectivity index (χ2v) is 6.25. The maximum atomic E-state index is 12.8. The second-order valence-electron chi connectivity index (χ2n) is 6.25. The van der Waals surface area contributed by atoms with Crippen molar-refractivity contribution in [1.82, 2.24) is 10.2 Å². The van der Waals surface area contributed by atoms with E-state index in [1.54, 1.807) is 18.2 Å². The van der Waals surface area contributed by atoms with Gasteiger partial charge < -0.3 is 15.3 Å². The number of piperidine rings is 1. The molecule has 0 bridgehead atoms. The van der Waals surface area contributed by atoms with Crippen molar-refractivity contribution in [2.24, 2.45) is 5.92 Å². The van der Waals surface area contributed by atoms with Crippen LogP contribution in [0.25, 0.3) is 0 Å². The molecule has 0 saturated carbocycles. The van der Waals surface area contributed by atoms with Crippen LogP contribution in [0.3, 0.4) is 0 Å². The monoisotopic (exact) mass is 290 g/mol. The van der Waals surface area contributed by atoms with Crippen molar-refractivity contribution >= 4 is 5.91 Å². The largest absolute Gasteiger partial charge is 0.508 e. The highest BCUT2D eigenvalue weighted by Gasteiger charge is 2.24. The quantitative estimate of drug-likeness (QED) is 0.896.